The lowest BCUT2D eigenvalue weighted by molar-refractivity contribution is -0.118. The number of nitrogens with one attached hydrogen (secondary N) is 1. The van der Waals surface area contributed by atoms with Gasteiger partial charge in [0, 0.05) is 11.8 Å². The molecule has 6 heteroatoms. The first-order valence-electron chi connectivity index (χ1n) is 6.19. The highest BCUT2D eigenvalue weighted by Gasteiger charge is 2.19. The molecule has 0 fully saturated rings. The zero-order chi connectivity index (χ0) is 15.4. The number of methoxy groups -OCH3 is 1. The van der Waals surface area contributed by atoms with Crippen LogP contribution in [-0.4, -0.2) is 18.1 Å². The second-order valence-corrected chi connectivity index (χ2v) is 4.42. The van der Waals surface area contributed by atoms with E-state index in [1.807, 2.05) is 0 Å². The maximum Gasteiger partial charge on any atom is 0.244 e. The standard InChI is InChI=1S/C15H15FN2O3/c1-21-11-4-2-3-10(8-11)18-14(15(17)20)9-5-6-13(19)12(16)7-9/h2-8,14,18-19H,1H3,(H2,17,20). The number of carbonyl (C=O) groups is 1. The van der Waals surface area contributed by atoms with E-state index >= 15 is 0 Å². The van der Waals surface area contributed by atoms with Crippen LogP contribution in [0.1, 0.15) is 11.6 Å². The van der Waals surface area contributed by atoms with Crippen LogP contribution in [0.2, 0.25) is 0 Å². The number of halogens is 1. The van der Waals surface area contributed by atoms with Crippen molar-refractivity contribution in [2.24, 2.45) is 5.73 Å². The molecule has 110 valence electrons. The summed E-state index contributed by atoms with van der Waals surface area (Å²) in [5, 5.41) is 12.1. The fourth-order valence-corrected chi connectivity index (χ4v) is 1.90. The van der Waals surface area contributed by atoms with Crippen molar-refractivity contribution in [2.45, 2.75) is 6.04 Å². The number of hydrogen-bond acceptors (Lipinski definition) is 4. The SMILES string of the molecule is COc1cccc(NC(C(N)=O)c2ccc(O)c(F)c2)c1. The molecule has 0 saturated heterocycles. The largest absolute Gasteiger partial charge is 0.505 e. The quantitative estimate of drug-likeness (QED) is 0.788. The summed E-state index contributed by atoms with van der Waals surface area (Å²) in [7, 11) is 1.53. The molecule has 0 aliphatic rings. The predicted octanol–water partition coefficient (Wildman–Crippen LogP) is 2.18. The Morgan fingerprint density at radius 1 is 1.33 bits per heavy atom. The molecule has 2 rings (SSSR count). The minimum absolute atomic E-state index is 0.320. The number of anilines is 1. The molecule has 0 bridgehead atoms. The van der Waals surface area contributed by atoms with Crippen LogP contribution in [0.3, 0.4) is 0 Å². The van der Waals surface area contributed by atoms with Gasteiger partial charge in [-0.3, -0.25) is 4.79 Å². The summed E-state index contributed by atoms with van der Waals surface area (Å²) in [5.74, 6) is -1.35. The molecular formula is C15H15FN2O3. The van der Waals surface area contributed by atoms with Crippen molar-refractivity contribution in [2.75, 3.05) is 12.4 Å². The third-order valence-electron chi connectivity index (χ3n) is 2.97. The molecule has 1 unspecified atom stereocenters. The Morgan fingerprint density at radius 3 is 2.71 bits per heavy atom. The van der Waals surface area contributed by atoms with Gasteiger partial charge in [0.1, 0.15) is 11.8 Å². The maximum atomic E-state index is 13.4. The Kier molecular flexibility index (Phi) is 4.27. The lowest BCUT2D eigenvalue weighted by Gasteiger charge is -2.18. The summed E-state index contributed by atoms with van der Waals surface area (Å²) in [5.41, 5.74) is 6.28. The highest BCUT2D eigenvalue weighted by atomic mass is 19.1. The monoisotopic (exact) mass is 290 g/mol. The number of hydrogen-bond donors (Lipinski definition) is 3. The molecule has 0 heterocycles. The summed E-state index contributed by atoms with van der Waals surface area (Å²) in [6.45, 7) is 0. The Labute approximate surface area is 121 Å². The summed E-state index contributed by atoms with van der Waals surface area (Å²) in [6.07, 6.45) is 0. The number of amides is 1. The second-order valence-electron chi connectivity index (χ2n) is 4.42. The second kappa shape index (κ2) is 6.13. The number of phenols is 1. The zero-order valence-electron chi connectivity index (χ0n) is 11.3. The number of ether oxygens (including phenoxy) is 1. The van der Waals surface area contributed by atoms with Gasteiger partial charge in [0.05, 0.1) is 7.11 Å². The first-order chi connectivity index (χ1) is 10.0. The van der Waals surface area contributed by atoms with E-state index in [2.05, 4.69) is 5.32 Å². The predicted molar refractivity (Wildman–Crippen MR) is 76.6 cm³/mol. The summed E-state index contributed by atoms with van der Waals surface area (Å²) < 4.78 is 18.5. The Bertz CT molecular complexity index is 661. The van der Waals surface area contributed by atoms with Crippen molar-refractivity contribution < 1.29 is 19.0 Å². The summed E-state index contributed by atoms with van der Waals surface area (Å²) in [6, 6.07) is 9.67. The Balaban J connectivity index is 2.30. The van der Waals surface area contributed by atoms with E-state index in [1.165, 1.54) is 19.2 Å². The lowest BCUT2D eigenvalue weighted by Crippen LogP contribution is -2.27. The van der Waals surface area contributed by atoms with Gasteiger partial charge in [0.25, 0.3) is 0 Å². The van der Waals surface area contributed by atoms with E-state index in [9.17, 15) is 14.3 Å². The van der Waals surface area contributed by atoms with Crippen LogP contribution < -0.4 is 15.8 Å². The van der Waals surface area contributed by atoms with Crippen molar-refractivity contribution >= 4 is 11.6 Å². The average Bonchev–Trinajstić information content (AvgIpc) is 2.47. The molecule has 0 aliphatic heterocycles. The van der Waals surface area contributed by atoms with Crippen LogP contribution in [0.5, 0.6) is 11.5 Å². The molecule has 0 radical (unpaired) electrons. The fourth-order valence-electron chi connectivity index (χ4n) is 1.90. The number of benzene rings is 2. The first kappa shape index (κ1) is 14.6. The van der Waals surface area contributed by atoms with Gasteiger partial charge in [-0.15, -0.1) is 0 Å². The van der Waals surface area contributed by atoms with Crippen molar-refractivity contribution in [3.63, 3.8) is 0 Å². The third kappa shape index (κ3) is 3.42. The van der Waals surface area contributed by atoms with Crippen molar-refractivity contribution in [1.82, 2.24) is 0 Å². The van der Waals surface area contributed by atoms with Gasteiger partial charge in [-0.2, -0.15) is 0 Å². The van der Waals surface area contributed by atoms with Crippen LogP contribution in [-0.2, 0) is 4.79 Å². The molecular weight excluding hydrogens is 275 g/mol. The average molecular weight is 290 g/mol. The van der Waals surface area contributed by atoms with Crippen LogP contribution >= 0.6 is 0 Å². The molecule has 2 aromatic carbocycles. The molecule has 0 aromatic heterocycles. The smallest absolute Gasteiger partial charge is 0.244 e. The topological polar surface area (TPSA) is 84.6 Å². The molecule has 2 aromatic rings. The Morgan fingerprint density at radius 2 is 2.10 bits per heavy atom. The molecule has 4 N–H and O–H groups in total. The van der Waals surface area contributed by atoms with Gasteiger partial charge < -0.3 is 20.9 Å². The number of aromatic hydroxyl groups is 1. The first-order valence-corrected chi connectivity index (χ1v) is 6.19. The number of primary amides is 1. The van der Waals surface area contributed by atoms with E-state index in [0.29, 0.717) is 17.0 Å². The van der Waals surface area contributed by atoms with Crippen LogP contribution in [0, 0.1) is 5.82 Å². The third-order valence-corrected chi connectivity index (χ3v) is 2.97. The minimum atomic E-state index is -0.924. The van der Waals surface area contributed by atoms with Gasteiger partial charge in [-0.1, -0.05) is 12.1 Å². The summed E-state index contributed by atoms with van der Waals surface area (Å²) >= 11 is 0. The van der Waals surface area contributed by atoms with Crippen LogP contribution in [0.4, 0.5) is 10.1 Å². The molecule has 1 amide bonds. The van der Waals surface area contributed by atoms with Gasteiger partial charge in [0.15, 0.2) is 11.6 Å². The van der Waals surface area contributed by atoms with E-state index in [4.69, 9.17) is 10.5 Å². The van der Waals surface area contributed by atoms with E-state index < -0.39 is 23.5 Å². The molecule has 5 nitrogen and oxygen atoms in total. The van der Waals surface area contributed by atoms with Crippen molar-refractivity contribution in [3.05, 3.63) is 53.8 Å². The van der Waals surface area contributed by atoms with Gasteiger partial charge in [-0.05, 0) is 29.8 Å². The number of nitrogens with two attached hydrogens (primary N) is 1. The van der Waals surface area contributed by atoms with E-state index in [-0.39, 0.29) is 0 Å². The minimum Gasteiger partial charge on any atom is -0.505 e. The molecule has 0 spiro atoms. The van der Waals surface area contributed by atoms with E-state index in [1.54, 1.807) is 24.3 Å². The molecule has 21 heavy (non-hydrogen) atoms. The van der Waals surface area contributed by atoms with Crippen molar-refractivity contribution in [3.8, 4) is 11.5 Å². The van der Waals surface area contributed by atoms with Crippen LogP contribution in [0.25, 0.3) is 0 Å². The summed E-state index contributed by atoms with van der Waals surface area (Å²) in [4.78, 5) is 11.6. The normalized spacial score (nSPS) is 11.7. The zero-order valence-corrected chi connectivity index (χ0v) is 11.3. The maximum absolute atomic E-state index is 13.4. The van der Waals surface area contributed by atoms with Crippen molar-refractivity contribution in [1.29, 1.82) is 0 Å². The number of phenolic OH excluding ortho intramolecular Hbond substituents is 1. The van der Waals surface area contributed by atoms with Gasteiger partial charge in [-0.25, -0.2) is 4.39 Å². The Hall–Kier alpha value is -2.76. The highest BCUT2D eigenvalue weighted by Crippen LogP contribution is 2.25. The van der Waals surface area contributed by atoms with Crippen LogP contribution in [0.15, 0.2) is 42.5 Å². The lowest BCUT2D eigenvalue weighted by atomic mass is 10.1. The number of rotatable bonds is 5. The molecule has 0 aliphatic carbocycles. The highest BCUT2D eigenvalue weighted by molar-refractivity contribution is 5.84. The van der Waals surface area contributed by atoms with Gasteiger partial charge in [0.2, 0.25) is 5.91 Å². The van der Waals surface area contributed by atoms with Gasteiger partial charge >= 0.3 is 0 Å². The number of carbonyl (C=O) groups excluding carboxylic acids is 1. The molecule has 1 atom stereocenters. The molecule has 0 saturated carbocycles. The fraction of sp³-hybridized carbons (Fsp3) is 0.133. The van der Waals surface area contributed by atoms with E-state index in [0.717, 1.165) is 6.07 Å².